The van der Waals surface area contributed by atoms with Crippen molar-refractivity contribution in [3.63, 3.8) is 0 Å². The number of amides is 6. The van der Waals surface area contributed by atoms with E-state index in [2.05, 4.69) is 26.6 Å². The Kier molecular flexibility index (Phi) is 15.9. The maximum Gasteiger partial charge on any atom is 0.335 e. The molecule has 0 bridgehead atoms. The first-order valence-electron chi connectivity index (χ1n) is 20.0. The van der Waals surface area contributed by atoms with E-state index in [1.165, 1.54) is 109 Å². The fraction of sp³-hybridized carbons (Fsp3) is 0.196. The molecule has 0 aromatic heterocycles. The molecule has 6 amide bonds. The van der Waals surface area contributed by atoms with E-state index in [-0.39, 0.29) is 80.0 Å². The van der Waals surface area contributed by atoms with Crippen LogP contribution in [0, 0.1) is 10.1 Å². The fourth-order valence-corrected chi connectivity index (χ4v) is 6.09. The maximum absolute atomic E-state index is 13.4. The molecule has 0 aliphatic heterocycles. The monoisotopic (exact) mass is 903 g/mol. The molecule has 0 aliphatic carbocycles. The lowest BCUT2D eigenvalue weighted by Crippen LogP contribution is -2.56. The number of rotatable bonds is 19. The zero-order valence-corrected chi connectivity index (χ0v) is 36.1. The van der Waals surface area contributed by atoms with Crippen LogP contribution in [0.25, 0.3) is 0 Å². The fourth-order valence-electron chi connectivity index (χ4n) is 6.09. The molecule has 0 fully saturated rings. The van der Waals surface area contributed by atoms with Crippen molar-refractivity contribution in [3.8, 4) is 11.5 Å². The number of anilines is 4. The molecule has 0 heterocycles. The number of hydrogen-bond acceptors (Lipinski definition) is 12. The van der Waals surface area contributed by atoms with Crippen molar-refractivity contribution in [2.24, 2.45) is 5.73 Å². The number of nitrogens with two attached hydrogens (primary N) is 1. The van der Waals surface area contributed by atoms with Gasteiger partial charge in [0.1, 0.15) is 17.5 Å². The minimum Gasteiger partial charge on any atom is -0.489 e. The summed E-state index contributed by atoms with van der Waals surface area (Å²) in [4.78, 5) is 100. The van der Waals surface area contributed by atoms with Gasteiger partial charge in [-0.15, -0.1) is 0 Å². The molecule has 5 aromatic carbocycles. The molecule has 66 heavy (non-hydrogen) atoms. The van der Waals surface area contributed by atoms with Gasteiger partial charge in [0.2, 0.25) is 5.91 Å². The number of nitro groups is 1. The number of carbonyl (C=O) groups excluding carboxylic acids is 6. The summed E-state index contributed by atoms with van der Waals surface area (Å²) in [7, 11) is 1.14. The topological polar surface area (TPSA) is 297 Å². The third-order valence-electron chi connectivity index (χ3n) is 9.26. The summed E-state index contributed by atoms with van der Waals surface area (Å²) in [6.07, 6.45) is -2.28. The van der Waals surface area contributed by atoms with Gasteiger partial charge in [-0.3, -0.25) is 38.9 Å². The normalized spacial score (nSPS) is 11.7. The molecule has 2 unspecified atom stereocenters. The second-order valence-electron chi connectivity index (χ2n) is 14.9. The Hall–Kier alpha value is -8.65. The van der Waals surface area contributed by atoms with E-state index in [1.807, 2.05) is 0 Å². The van der Waals surface area contributed by atoms with Gasteiger partial charge >= 0.3 is 5.97 Å². The van der Waals surface area contributed by atoms with Crippen LogP contribution in [0.3, 0.4) is 0 Å². The Balaban J connectivity index is 1.21. The van der Waals surface area contributed by atoms with E-state index >= 15 is 0 Å². The molecular weight excluding hydrogens is 859 g/mol. The summed E-state index contributed by atoms with van der Waals surface area (Å²) in [5, 5.41) is 33.4. The van der Waals surface area contributed by atoms with Gasteiger partial charge in [-0.25, -0.2) is 4.79 Å². The first kappa shape index (κ1) is 48.4. The van der Waals surface area contributed by atoms with Crippen LogP contribution in [-0.2, 0) is 14.3 Å². The predicted octanol–water partition coefficient (Wildman–Crippen LogP) is 5.86. The lowest BCUT2D eigenvalue weighted by Gasteiger charge is -2.24. The second kappa shape index (κ2) is 21.6. The van der Waals surface area contributed by atoms with Gasteiger partial charge in [0.05, 0.1) is 34.1 Å². The largest absolute Gasteiger partial charge is 0.489 e. The number of hydrogen-bond donors (Lipinski definition) is 7. The smallest absolute Gasteiger partial charge is 0.335 e. The molecule has 20 nitrogen and oxygen atoms in total. The number of carbonyl (C=O) groups is 7. The van der Waals surface area contributed by atoms with Gasteiger partial charge in [0.15, 0.2) is 6.10 Å². The van der Waals surface area contributed by atoms with Gasteiger partial charge in [-0.2, -0.15) is 0 Å². The van der Waals surface area contributed by atoms with Gasteiger partial charge in [-0.05, 0) is 125 Å². The van der Waals surface area contributed by atoms with Crippen molar-refractivity contribution in [1.82, 2.24) is 5.32 Å². The molecule has 0 saturated heterocycles. The number of benzene rings is 5. The lowest BCUT2D eigenvalue weighted by atomic mass is 10.1. The Morgan fingerprint density at radius 2 is 0.985 bits per heavy atom. The molecule has 20 heteroatoms. The minimum atomic E-state index is -1.64. The number of nitro benzene ring substituents is 1. The van der Waals surface area contributed by atoms with Gasteiger partial charge in [0, 0.05) is 52.9 Å². The number of carboxylic acid groups (broad SMARTS) is 1. The molecule has 8 N–H and O–H groups in total. The van der Waals surface area contributed by atoms with Crippen molar-refractivity contribution < 1.29 is 57.8 Å². The van der Waals surface area contributed by atoms with Crippen LogP contribution in [0.4, 0.5) is 28.4 Å². The highest BCUT2D eigenvalue weighted by Gasteiger charge is 2.34. The number of ether oxygens (including phenoxy) is 3. The van der Waals surface area contributed by atoms with E-state index in [9.17, 15) is 48.8 Å². The van der Waals surface area contributed by atoms with Crippen LogP contribution in [0.15, 0.2) is 109 Å². The predicted molar refractivity (Wildman–Crippen MR) is 241 cm³/mol. The summed E-state index contributed by atoms with van der Waals surface area (Å²) in [6.45, 7) is 7.03. The van der Waals surface area contributed by atoms with Crippen molar-refractivity contribution in [1.29, 1.82) is 0 Å². The zero-order chi connectivity index (χ0) is 48.2. The van der Waals surface area contributed by atoms with Crippen LogP contribution in [0.5, 0.6) is 11.5 Å². The first-order valence-corrected chi connectivity index (χ1v) is 20.0. The second-order valence-corrected chi connectivity index (χ2v) is 14.9. The van der Waals surface area contributed by atoms with Gasteiger partial charge < -0.3 is 51.6 Å². The summed E-state index contributed by atoms with van der Waals surface area (Å²) < 4.78 is 17.0. The Morgan fingerprint density at radius 3 is 1.44 bits per heavy atom. The zero-order valence-electron chi connectivity index (χ0n) is 36.1. The van der Waals surface area contributed by atoms with Gasteiger partial charge in [-0.1, -0.05) is 0 Å². The molecule has 342 valence electrons. The number of aromatic carboxylic acids is 1. The molecular formula is C46H45N7O13. The molecule has 0 spiro atoms. The average molecular weight is 904 g/mol. The average Bonchev–Trinajstić information content (AvgIpc) is 3.27. The number of nitrogens with one attached hydrogen (secondary N) is 5. The minimum absolute atomic E-state index is 0.0223. The standard InChI is InChI=1S/C46H45N7O13/c1-24(2)65-36-22-29(44(58)51-35-21-13-30(46(60)61)23-37(35)66-25(3)4)12-20-34(36)50-42(56)26-6-16-32(17-7-26)49-45(59)39(64-5)38(40(47)54)52-43(57)27-8-14-31(15-9-27)48-41(55)28-10-18-33(19-11-28)53(62)63/h6-25,38-39H,1-5H3,(H2,47,54)(H,48,55)(H,49,59)(H,50,56)(H,51,58)(H,52,57)(H,60,61). The van der Waals surface area contributed by atoms with E-state index < -0.39 is 58.5 Å². The highest BCUT2D eigenvalue weighted by molar-refractivity contribution is 6.09. The third kappa shape index (κ3) is 12.7. The van der Waals surface area contributed by atoms with E-state index in [4.69, 9.17) is 19.9 Å². The number of primary amides is 1. The molecule has 0 aliphatic rings. The van der Waals surface area contributed by atoms with E-state index in [0.717, 1.165) is 7.11 Å². The highest BCUT2D eigenvalue weighted by Crippen LogP contribution is 2.31. The summed E-state index contributed by atoms with van der Waals surface area (Å²) >= 11 is 0. The Morgan fingerprint density at radius 1 is 0.576 bits per heavy atom. The van der Waals surface area contributed by atoms with Crippen molar-refractivity contribution in [2.45, 2.75) is 52.0 Å². The molecule has 2 atom stereocenters. The molecule has 0 radical (unpaired) electrons. The Labute approximate surface area is 377 Å². The van der Waals surface area contributed by atoms with Crippen LogP contribution >= 0.6 is 0 Å². The summed E-state index contributed by atoms with van der Waals surface area (Å²) in [5.74, 6) is -5.24. The summed E-state index contributed by atoms with van der Waals surface area (Å²) in [6, 6.07) is 22.9. The van der Waals surface area contributed by atoms with E-state index in [0.29, 0.717) is 0 Å². The Bertz CT molecular complexity index is 2650. The number of methoxy groups -OCH3 is 1. The van der Waals surface area contributed by atoms with Crippen molar-refractivity contribution in [2.75, 3.05) is 28.4 Å². The third-order valence-corrected chi connectivity index (χ3v) is 9.26. The maximum atomic E-state index is 13.4. The highest BCUT2D eigenvalue weighted by atomic mass is 16.6. The molecule has 5 aromatic rings. The number of carboxylic acids is 1. The van der Waals surface area contributed by atoms with Crippen molar-refractivity contribution >= 4 is 69.8 Å². The number of nitrogens with zero attached hydrogens (tertiary/aromatic N) is 1. The van der Waals surface area contributed by atoms with Crippen LogP contribution in [-0.4, -0.2) is 82.9 Å². The summed E-state index contributed by atoms with van der Waals surface area (Å²) in [5.41, 5.74) is 6.86. The molecule has 0 saturated carbocycles. The molecule has 5 rings (SSSR count). The number of non-ortho nitro benzene ring substituents is 1. The SMILES string of the molecule is COC(C(=O)Nc1ccc(C(=O)Nc2ccc(C(=O)Nc3ccc(C(=O)O)cc3OC(C)C)cc2OC(C)C)cc1)C(NC(=O)c1ccc(NC(=O)c2ccc([N+](=O)[O-])cc2)cc1)C(N)=O. The quantitative estimate of drug-likeness (QED) is 0.0378. The van der Waals surface area contributed by atoms with Crippen molar-refractivity contribution in [3.05, 3.63) is 147 Å². The van der Waals surface area contributed by atoms with Crippen LogP contribution < -0.4 is 41.8 Å². The first-order chi connectivity index (χ1) is 31.3. The van der Waals surface area contributed by atoms with E-state index in [1.54, 1.807) is 27.7 Å². The van der Waals surface area contributed by atoms with Crippen LogP contribution in [0.2, 0.25) is 0 Å². The van der Waals surface area contributed by atoms with Crippen LogP contribution in [0.1, 0.15) is 79.5 Å². The van der Waals surface area contributed by atoms with Gasteiger partial charge in [0.25, 0.3) is 35.2 Å². The lowest BCUT2D eigenvalue weighted by molar-refractivity contribution is -0.384.